The zero-order chi connectivity index (χ0) is 28.5. The number of hydrogen-bond acceptors (Lipinski definition) is 8. The van der Waals surface area contributed by atoms with Crippen molar-refractivity contribution in [2.75, 3.05) is 20.3 Å². The van der Waals surface area contributed by atoms with E-state index in [0.29, 0.717) is 47.3 Å². The summed E-state index contributed by atoms with van der Waals surface area (Å²) in [5.74, 6) is 1.35. The minimum absolute atomic E-state index is 0.0241. The summed E-state index contributed by atoms with van der Waals surface area (Å²) < 4.78 is 28.3. The van der Waals surface area contributed by atoms with Crippen LogP contribution >= 0.6 is 0 Å². The minimum Gasteiger partial charge on any atom is -0.494 e. The maximum atomic E-state index is 12.8. The fourth-order valence-corrected chi connectivity index (χ4v) is 4.37. The van der Waals surface area contributed by atoms with Gasteiger partial charge in [0.1, 0.15) is 35.5 Å². The molecule has 0 saturated heterocycles. The Hall–Kier alpha value is -4.90. The fourth-order valence-electron chi connectivity index (χ4n) is 4.37. The second-order valence-corrected chi connectivity index (χ2v) is 9.10. The fraction of sp³-hybridized carbons (Fsp3) is 0.250. The summed E-state index contributed by atoms with van der Waals surface area (Å²) in [5, 5.41) is 9.89. The SMILES string of the molecule is C=CCOc1ccc(C2C(C#N)=C(N)Oc3cc(OC(=O)c4ccc(OCCCCC)cc4)ccc32)cc1OC. The van der Waals surface area contributed by atoms with Gasteiger partial charge in [-0.2, -0.15) is 5.26 Å². The van der Waals surface area contributed by atoms with E-state index < -0.39 is 11.9 Å². The molecule has 3 aromatic rings. The number of nitrogens with zero attached hydrogens (tertiary/aromatic N) is 1. The third-order valence-corrected chi connectivity index (χ3v) is 6.39. The number of methoxy groups -OCH3 is 1. The van der Waals surface area contributed by atoms with Gasteiger partial charge in [-0.1, -0.05) is 44.6 Å². The first-order chi connectivity index (χ1) is 19.5. The van der Waals surface area contributed by atoms with Crippen LogP contribution in [0.2, 0.25) is 0 Å². The molecule has 1 heterocycles. The zero-order valence-corrected chi connectivity index (χ0v) is 22.6. The number of esters is 1. The Balaban J connectivity index is 1.55. The molecule has 1 aliphatic heterocycles. The lowest BCUT2D eigenvalue weighted by Gasteiger charge is -2.27. The van der Waals surface area contributed by atoms with Gasteiger partial charge < -0.3 is 29.4 Å². The lowest BCUT2D eigenvalue weighted by atomic mass is 9.83. The van der Waals surface area contributed by atoms with Crippen molar-refractivity contribution in [3.05, 3.63) is 101 Å². The number of carbonyl (C=O) groups is 1. The van der Waals surface area contributed by atoms with E-state index in [-0.39, 0.29) is 17.2 Å². The van der Waals surface area contributed by atoms with Gasteiger partial charge in [0.05, 0.1) is 25.2 Å². The van der Waals surface area contributed by atoms with Crippen molar-refractivity contribution in [1.29, 1.82) is 5.26 Å². The first-order valence-corrected chi connectivity index (χ1v) is 13.1. The van der Waals surface area contributed by atoms with Crippen LogP contribution < -0.4 is 29.4 Å². The maximum absolute atomic E-state index is 12.8. The molecule has 0 fully saturated rings. The number of carbonyl (C=O) groups excluding carboxylic acids is 1. The molecule has 4 rings (SSSR count). The van der Waals surface area contributed by atoms with Crippen molar-refractivity contribution in [2.45, 2.75) is 32.1 Å². The highest BCUT2D eigenvalue weighted by Crippen LogP contribution is 2.45. The Bertz CT molecular complexity index is 1440. The first-order valence-electron chi connectivity index (χ1n) is 13.1. The molecule has 0 aromatic heterocycles. The van der Waals surface area contributed by atoms with Gasteiger partial charge in [0, 0.05) is 11.6 Å². The predicted molar refractivity (Wildman–Crippen MR) is 151 cm³/mol. The molecule has 0 amide bonds. The molecule has 206 valence electrons. The van der Waals surface area contributed by atoms with Crippen molar-refractivity contribution in [3.63, 3.8) is 0 Å². The van der Waals surface area contributed by atoms with Crippen LogP contribution in [0.5, 0.6) is 28.7 Å². The number of nitrogens with two attached hydrogens (primary N) is 1. The van der Waals surface area contributed by atoms with E-state index in [1.54, 1.807) is 67.8 Å². The molecular weight excluding hydrogens is 508 g/mol. The van der Waals surface area contributed by atoms with Gasteiger partial charge in [-0.25, -0.2) is 4.79 Å². The molecule has 1 aliphatic rings. The molecule has 0 bridgehead atoms. The van der Waals surface area contributed by atoms with Gasteiger partial charge in [0.15, 0.2) is 11.5 Å². The Morgan fingerprint density at radius 1 is 1.05 bits per heavy atom. The van der Waals surface area contributed by atoms with Crippen LogP contribution in [0.15, 0.2) is 84.8 Å². The van der Waals surface area contributed by atoms with Crippen molar-refractivity contribution in [1.82, 2.24) is 0 Å². The number of ether oxygens (including phenoxy) is 5. The van der Waals surface area contributed by atoms with E-state index in [1.807, 2.05) is 6.07 Å². The van der Waals surface area contributed by atoms with Crippen molar-refractivity contribution in [3.8, 4) is 34.8 Å². The van der Waals surface area contributed by atoms with E-state index >= 15 is 0 Å². The molecule has 2 N–H and O–H groups in total. The van der Waals surface area contributed by atoms with Crippen LogP contribution in [-0.2, 0) is 0 Å². The number of unbranched alkanes of at least 4 members (excludes halogenated alkanes) is 2. The molecule has 8 heteroatoms. The van der Waals surface area contributed by atoms with Crippen molar-refractivity contribution >= 4 is 5.97 Å². The molecule has 40 heavy (non-hydrogen) atoms. The molecule has 0 spiro atoms. The number of fused-ring (bicyclic) bond motifs is 1. The maximum Gasteiger partial charge on any atom is 0.343 e. The number of rotatable bonds is 12. The van der Waals surface area contributed by atoms with E-state index in [1.165, 1.54) is 0 Å². The number of nitriles is 1. The van der Waals surface area contributed by atoms with Gasteiger partial charge in [-0.15, -0.1) is 0 Å². The van der Waals surface area contributed by atoms with Gasteiger partial charge >= 0.3 is 5.97 Å². The van der Waals surface area contributed by atoms with E-state index in [0.717, 1.165) is 24.8 Å². The molecule has 1 atom stereocenters. The van der Waals surface area contributed by atoms with Crippen LogP contribution in [0.3, 0.4) is 0 Å². The van der Waals surface area contributed by atoms with E-state index in [9.17, 15) is 10.1 Å². The average molecular weight is 541 g/mol. The number of allylic oxidation sites excluding steroid dienone is 1. The first kappa shape index (κ1) is 28.1. The van der Waals surface area contributed by atoms with Crippen LogP contribution in [0, 0.1) is 11.3 Å². The van der Waals surface area contributed by atoms with Gasteiger partial charge in [-0.3, -0.25) is 0 Å². The highest BCUT2D eigenvalue weighted by Gasteiger charge is 2.32. The summed E-state index contributed by atoms with van der Waals surface area (Å²) in [6, 6.07) is 19.4. The quantitative estimate of drug-likeness (QED) is 0.124. The molecule has 1 unspecified atom stereocenters. The summed E-state index contributed by atoms with van der Waals surface area (Å²) in [4.78, 5) is 12.8. The topological polar surface area (TPSA) is 113 Å². The monoisotopic (exact) mass is 540 g/mol. The van der Waals surface area contributed by atoms with E-state index in [2.05, 4.69) is 19.6 Å². The van der Waals surface area contributed by atoms with Crippen LogP contribution in [0.4, 0.5) is 0 Å². The lowest BCUT2D eigenvalue weighted by Crippen LogP contribution is -2.21. The highest BCUT2D eigenvalue weighted by molar-refractivity contribution is 5.91. The van der Waals surface area contributed by atoms with Crippen molar-refractivity contribution < 1.29 is 28.5 Å². The summed E-state index contributed by atoms with van der Waals surface area (Å²) in [5.41, 5.74) is 8.25. The second-order valence-electron chi connectivity index (χ2n) is 9.10. The Kier molecular flexibility index (Phi) is 9.31. The van der Waals surface area contributed by atoms with Crippen molar-refractivity contribution in [2.24, 2.45) is 5.73 Å². The third kappa shape index (κ3) is 6.38. The molecule has 0 saturated carbocycles. The summed E-state index contributed by atoms with van der Waals surface area (Å²) >= 11 is 0. The highest BCUT2D eigenvalue weighted by atomic mass is 16.5. The summed E-state index contributed by atoms with van der Waals surface area (Å²) in [6.45, 7) is 6.77. The largest absolute Gasteiger partial charge is 0.494 e. The normalized spacial score (nSPS) is 13.9. The third-order valence-electron chi connectivity index (χ3n) is 6.39. The molecular formula is C32H32N2O6. The molecule has 0 radical (unpaired) electrons. The number of benzene rings is 3. The van der Waals surface area contributed by atoms with Gasteiger partial charge in [0.25, 0.3) is 0 Å². The van der Waals surface area contributed by atoms with Gasteiger partial charge in [-0.05, 0) is 54.4 Å². The predicted octanol–water partition coefficient (Wildman–Crippen LogP) is 6.27. The molecule has 0 aliphatic carbocycles. The summed E-state index contributed by atoms with van der Waals surface area (Å²) in [7, 11) is 1.54. The summed E-state index contributed by atoms with van der Waals surface area (Å²) in [6.07, 6.45) is 4.86. The molecule has 8 nitrogen and oxygen atoms in total. The smallest absolute Gasteiger partial charge is 0.343 e. The second kappa shape index (κ2) is 13.3. The zero-order valence-electron chi connectivity index (χ0n) is 22.6. The molecule has 3 aromatic carbocycles. The number of hydrogen-bond donors (Lipinski definition) is 1. The Labute approximate surface area is 234 Å². The Morgan fingerprint density at radius 3 is 2.52 bits per heavy atom. The van der Waals surface area contributed by atoms with E-state index in [4.69, 9.17) is 29.4 Å². The minimum atomic E-state index is -0.522. The average Bonchev–Trinajstić information content (AvgIpc) is 2.97. The Morgan fingerprint density at radius 2 is 1.82 bits per heavy atom. The standard InChI is InChI=1S/C32H32N2O6/c1-4-6-7-17-37-23-11-8-21(9-12-23)32(35)39-24-13-14-25-28(19-24)40-31(34)26(20-33)30(25)22-10-15-27(38-16-5-2)29(18-22)36-3/h5,8-15,18-19,30H,2,4,6-7,16-17,34H2,1,3H3. The van der Waals surface area contributed by atoms with Crippen LogP contribution in [-0.4, -0.2) is 26.3 Å². The lowest BCUT2D eigenvalue weighted by molar-refractivity contribution is 0.0734. The van der Waals surface area contributed by atoms with Crippen LogP contribution in [0.1, 0.15) is 53.6 Å². The van der Waals surface area contributed by atoms with Gasteiger partial charge in [0.2, 0.25) is 5.88 Å². The van der Waals surface area contributed by atoms with Crippen LogP contribution in [0.25, 0.3) is 0 Å².